The lowest BCUT2D eigenvalue weighted by Crippen LogP contribution is -2.41. The summed E-state index contributed by atoms with van der Waals surface area (Å²) in [5.41, 5.74) is 1.26. The minimum absolute atomic E-state index is 0.0757. The molecule has 2 rings (SSSR count). The third-order valence-corrected chi connectivity index (χ3v) is 5.24. The van der Waals surface area contributed by atoms with Crippen LogP contribution in [-0.4, -0.2) is 43.4 Å². The first kappa shape index (κ1) is 15.8. The van der Waals surface area contributed by atoms with Crippen molar-refractivity contribution in [2.24, 2.45) is 0 Å². The molecule has 0 aromatic carbocycles. The van der Waals surface area contributed by atoms with Crippen LogP contribution in [0, 0.1) is 0 Å². The third kappa shape index (κ3) is 4.42. The van der Waals surface area contributed by atoms with Gasteiger partial charge in [0, 0.05) is 18.8 Å². The number of nitrogens with zero attached hydrogens (tertiary/aromatic N) is 1. The molecule has 1 fully saturated rings. The van der Waals surface area contributed by atoms with Crippen molar-refractivity contribution in [1.82, 2.24) is 10.3 Å². The summed E-state index contributed by atoms with van der Waals surface area (Å²) in [6, 6.07) is 1.60. The van der Waals surface area contributed by atoms with Gasteiger partial charge in [-0.05, 0) is 25.3 Å². The van der Waals surface area contributed by atoms with Crippen LogP contribution in [0.2, 0.25) is 0 Å². The number of pyridine rings is 1. The number of rotatable bonds is 5. The maximum absolute atomic E-state index is 12.3. The van der Waals surface area contributed by atoms with E-state index < -0.39 is 9.84 Å². The van der Waals surface area contributed by atoms with Crippen LogP contribution in [-0.2, 0) is 9.84 Å². The van der Waals surface area contributed by atoms with Gasteiger partial charge >= 0.3 is 0 Å². The van der Waals surface area contributed by atoms with Gasteiger partial charge in [-0.15, -0.1) is 0 Å². The first-order chi connectivity index (χ1) is 10.0. The van der Waals surface area contributed by atoms with Gasteiger partial charge in [0.2, 0.25) is 0 Å². The second kappa shape index (κ2) is 6.89. The predicted molar refractivity (Wildman–Crippen MR) is 82.2 cm³/mol. The Morgan fingerprint density at radius 1 is 1.38 bits per heavy atom. The number of hydrogen-bond acceptors (Lipinski definition) is 5. The van der Waals surface area contributed by atoms with E-state index in [2.05, 4.69) is 15.6 Å². The average Bonchev–Trinajstić information content (AvgIpc) is 2.47. The molecule has 0 spiro atoms. The van der Waals surface area contributed by atoms with Crippen LogP contribution in [0.4, 0.5) is 5.69 Å². The summed E-state index contributed by atoms with van der Waals surface area (Å²) in [7, 11) is -2.91. The number of amides is 1. The maximum Gasteiger partial charge on any atom is 0.253 e. The van der Waals surface area contributed by atoms with Crippen molar-refractivity contribution in [2.45, 2.75) is 32.2 Å². The standard InChI is InChI=1S/C14H21N3O3S/c1-2-6-16-13-10-15-7-3-12(13)14(18)17-11-4-8-21(19,20)9-5-11/h3,7,10-11,16H,2,4-6,8-9H2,1H3,(H,17,18). The zero-order valence-electron chi connectivity index (χ0n) is 12.1. The molecular weight excluding hydrogens is 290 g/mol. The van der Waals surface area contributed by atoms with E-state index in [1.54, 1.807) is 18.5 Å². The fourth-order valence-electron chi connectivity index (χ4n) is 2.29. The molecule has 1 aromatic rings. The smallest absolute Gasteiger partial charge is 0.253 e. The molecule has 1 saturated heterocycles. The van der Waals surface area contributed by atoms with Crippen LogP contribution in [0.1, 0.15) is 36.5 Å². The molecule has 0 radical (unpaired) electrons. The first-order valence-electron chi connectivity index (χ1n) is 7.21. The lowest BCUT2D eigenvalue weighted by molar-refractivity contribution is 0.0935. The molecule has 1 aliphatic heterocycles. The Kier molecular flexibility index (Phi) is 5.17. The Labute approximate surface area is 125 Å². The number of aromatic nitrogens is 1. The van der Waals surface area contributed by atoms with Gasteiger partial charge < -0.3 is 10.6 Å². The van der Waals surface area contributed by atoms with Crippen LogP contribution in [0.15, 0.2) is 18.5 Å². The van der Waals surface area contributed by atoms with E-state index >= 15 is 0 Å². The number of carbonyl (C=O) groups excluding carboxylic acids is 1. The number of anilines is 1. The lowest BCUT2D eigenvalue weighted by Gasteiger charge is -2.23. The van der Waals surface area contributed by atoms with E-state index in [-0.39, 0.29) is 23.5 Å². The quantitative estimate of drug-likeness (QED) is 0.853. The maximum atomic E-state index is 12.3. The molecular formula is C14H21N3O3S. The molecule has 0 saturated carbocycles. The van der Waals surface area contributed by atoms with Crippen molar-refractivity contribution in [3.05, 3.63) is 24.0 Å². The van der Waals surface area contributed by atoms with Crippen LogP contribution < -0.4 is 10.6 Å². The van der Waals surface area contributed by atoms with Gasteiger partial charge in [-0.2, -0.15) is 0 Å². The van der Waals surface area contributed by atoms with E-state index in [0.29, 0.717) is 24.1 Å². The molecule has 6 nitrogen and oxygen atoms in total. The lowest BCUT2D eigenvalue weighted by atomic mass is 10.1. The van der Waals surface area contributed by atoms with Crippen molar-refractivity contribution in [2.75, 3.05) is 23.4 Å². The Balaban J connectivity index is 2.00. The van der Waals surface area contributed by atoms with Gasteiger partial charge in [0.05, 0.1) is 29.0 Å². The van der Waals surface area contributed by atoms with Crippen molar-refractivity contribution in [3.63, 3.8) is 0 Å². The monoisotopic (exact) mass is 311 g/mol. The summed E-state index contributed by atoms with van der Waals surface area (Å²) in [5.74, 6) is 0.116. The molecule has 1 aliphatic rings. The second-order valence-corrected chi connectivity index (χ2v) is 7.55. The highest BCUT2D eigenvalue weighted by Gasteiger charge is 2.25. The number of carbonyl (C=O) groups is 1. The Bertz CT molecular complexity index is 587. The van der Waals surface area contributed by atoms with Crippen molar-refractivity contribution < 1.29 is 13.2 Å². The Morgan fingerprint density at radius 2 is 2.10 bits per heavy atom. The van der Waals surface area contributed by atoms with E-state index in [4.69, 9.17) is 0 Å². The fourth-order valence-corrected chi connectivity index (χ4v) is 3.78. The van der Waals surface area contributed by atoms with Gasteiger partial charge in [-0.3, -0.25) is 9.78 Å². The van der Waals surface area contributed by atoms with Crippen LogP contribution in [0.5, 0.6) is 0 Å². The molecule has 1 amide bonds. The average molecular weight is 311 g/mol. The molecule has 0 unspecified atom stereocenters. The van der Waals surface area contributed by atoms with E-state index in [1.165, 1.54) is 0 Å². The molecule has 1 aromatic heterocycles. The summed E-state index contributed by atoms with van der Waals surface area (Å²) in [6.45, 7) is 2.82. The molecule has 21 heavy (non-hydrogen) atoms. The Hall–Kier alpha value is -1.63. The molecule has 116 valence electrons. The zero-order chi connectivity index (χ0) is 15.3. The molecule has 0 atom stereocenters. The third-order valence-electron chi connectivity index (χ3n) is 3.52. The summed E-state index contributed by atoms with van der Waals surface area (Å²) >= 11 is 0. The number of hydrogen-bond donors (Lipinski definition) is 2. The molecule has 0 aliphatic carbocycles. The summed E-state index contributed by atoms with van der Waals surface area (Å²) in [4.78, 5) is 16.4. The van der Waals surface area contributed by atoms with Gasteiger partial charge in [-0.25, -0.2) is 8.42 Å². The van der Waals surface area contributed by atoms with Gasteiger partial charge in [0.25, 0.3) is 5.91 Å². The topological polar surface area (TPSA) is 88.2 Å². The minimum Gasteiger partial charge on any atom is -0.383 e. The largest absolute Gasteiger partial charge is 0.383 e. The van der Waals surface area contributed by atoms with E-state index in [9.17, 15) is 13.2 Å². The van der Waals surface area contributed by atoms with Crippen LogP contribution >= 0.6 is 0 Å². The highest BCUT2D eigenvalue weighted by molar-refractivity contribution is 7.91. The highest BCUT2D eigenvalue weighted by Crippen LogP contribution is 2.16. The summed E-state index contributed by atoms with van der Waals surface area (Å²) < 4.78 is 22.8. The van der Waals surface area contributed by atoms with Crippen LogP contribution in [0.3, 0.4) is 0 Å². The molecule has 2 N–H and O–H groups in total. The number of sulfone groups is 1. The summed E-state index contributed by atoms with van der Waals surface area (Å²) in [6.07, 6.45) is 5.14. The second-order valence-electron chi connectivity index (χ2n) is 5.25. The molecule has 2 heterocycles. The highest BCUT2D eigenvalue weighted by atomic mass is 32.2. The minimum atomic E-state index is -2.91. The summed E-state index contributed by atoms with van der Waals surface area (Å²) in [5, 5.41) is 6.09. The van der Waals surface area contributed by atoms with Gasteiger partial charge in [0.1, 0.15) is 9.84 Å². The van der Waals surface area contributed by atoms with Gasteiger partial charge in [-0.1, -0.05) is 6.92 Å². The first-order valence-corrected chi connectivity index (χ1v) is 9.03. The zero-order valence-corrected chi connectivity index (χ0v) is 12.9. The van der Waals surface area contributed by atoms with Crippen LogP contribution in [0.25, 0.3) is 0 Å². The SMILES string of the molecule is CCCNc1cnccc1C(=O)NC1CCS(=O)(=O)CC1. The van der Waals surface area contributed by atoms with E-state index in [0.717, 1.165) is 13.0 Å². The van der Waals surface area contributed by atoms with Crippen molar-refractivity contribution in [3.8, 4) is 0 Å². The normalized spacial score (nSPS) is 18.1. The fraction of sp³-hybridized carbons (Fsp3) is 0.571. The Morgan fingerprint density at radius 3 is 2.76 bits per heavy atom. The molecule has 7 heteroatoms. The predicted octanol–water partition coefficient (Wildman–Crippen LogP) is 1.21. The van der Waals surface area contributed by atoms with Gasteiger partial charge in [0.15, 0.2) is 0 Å². The van der Waals surface area contributed by atoms with Crippen molar-refractivity contribution >= 4 is 21.4 Å². The molecule has 0 bridgehead atoms. The number of nitrogens with one attached hydrogen (secondary N) is 2. The van der Waals surface area contributed by atoms with E-state index in [1.807, 2.05) is 6.92 Å². The van der Waals surface area contributed by atoms with Crippen molar-refractivity contribution in [1.29, 1.82) is 0 Å².